The van der Waals surface area contributed by atoms with E-state index >= 15 is 0 Å². The van der Waals surface area contributed by atoms with Crippen molar-refractivity contribution >= 4 is 5.69 Å². The molecular weight excluding hydrogens is 232 g/mol. The lowest BCUT2D eigenvalue weighted by atomic mass is 9.91. The van der Waals surface area contributed by atoms with Crippen molar-refractivity contribution in [2.24, 2.45) is 11.3 Å². The van der Waals surface area contributed by atoms with Crippen LogP contribution in [0.25, 0.3) is 0 Å². The third-order valence-corrected chi connectivity index (χ3v) is 4.36. The average molecular weight is 260 g/mol. The normalized spacial score (nSPS) is 25.5. The van der Waals surface area contributed by atoms with Crippen molar-refractivity contribution in [3.8, 4) is 0 Å². The van der Waals surface area contributed by atoms with Crippen LogP contribution in [0, 0.1) is 11.3 Å². The highest BCUT2D eigenvalue weighted by Crippen LogP contribution is 2.40. The van der Waals surface area contributed by atoms with E-state index in [0.717, 1.165) is 12.5 Å². The molecule has 1 aliphatic carbocycles. The molecule has 0 bridgehead atoms. The van der Waals surface area contributed by atoms with Crippen LogP contribution in [0.3, 0.4) is 0 Å². The van der Waals surface area contributed by atoms with E-state index in [9.17, 15) is 0 Å². The molecule has 2 heteroatoms. The summed E-state index contributed by atoms with van der Waals surface area (Å²) in [5.74, 6) is 0.788. The first-order chi connectivity index (χ1) is 8.87. The van der Waals surface area contributed by atoms with Crippen LogP contribution < -0.4 is 10.2 Å². The predicted octanol–water partition coefficient (Wildman–Crippen LogP) is 3.67. The van der Waals surface area contributed by atoms with Crippen LogP contribution in [0.15, 0.2) is 24.3 Å². The van der Waals surface area contributed by atoms with Crippen LogP contribution in [0.4, 0.5) is 5.69 Å². The molecule has 0 aliphatic heterocycles. The average Bonchev–Trinajstić information content (AvgIpc) is 2.60. The van der Waals surface area contributed by atoms with Crippen LogP contribution in [0.2, 0.25) is 0 Å². The maximum atomic E-state index is 3.74. The fourth-order valence-corrected chi connectivity index (χ4v) is 3.33. The zero-order valence-electron chi connectivity index (χ0n) is 13.0. The number of hydrogen-bond acceptors (Lipinski definition) is 2. The predicted molar refractivity (Wildman–Crippen MR) is 83.6 cm³/mol. The highest BCUT2D eigenvalue weighted by Gasteiger charge is 2.36. The molecule has 19 heavy (non-hydrogen) atoms. The number of nitrogens with zero attached hydrogens (tertiary/aromatic N) is 1. The summed E-state index contributed by atoms with van der Waals surface area (Å²) in [5, 5.41) is 3.74. The van der Waals surface area contributed by atoms with Gasteiger partial charge in [0.05, 0.1) is 0 Å². The number of hydrogen-bond donors (Lipinski definition) is 1. The fraction of sp³-hybridized carbons (Fsp3) is 0.647. The number of benzene rings is 1. The van der Waals surface area contributed by atoms with Gasteiger partial charge in [-0.15, -0.1) is 0 Å². The molecule has 2 rings (SSSR count). The number of nitrogens with one attached hydrogen (secondary N) is 1. The highest BCUT2D eigenvalue weighted by molar-refractivity contribution is 5.45. The van der Waals surface area contributed by atoms with E-state index in [-0.39, 0.29) is 0 Å². The second kappa shape index (κ2) is 5.54. The molecule has 0 heterocycles. The molecule has 0 spiro atoms. The van der Waals surface area contributed by atoms with Gasteiger partial charge in [0.25, 0.3) is 0 Å². The van der Waals surface area contributed by atoms with Gasteiger partial charge >= 0.3 is 0 Å². The minimum atomic E-state index is 0.506. The zero-order valence-corrected chi connectivity index (χ0v) is 13.0. The summed E-state index contributed by atoms with van der Waals surface area (Å²) in [4.78, 5) is 2.14. The van der Waals surface area contributed by atoms with Crippen LogP contribution in [-0.2, 0) is 6.54 Å². The van der Waals surface area contributed by atoms with Gasteiger partial charge in [-0.25, -0.2) is 0 Å². The Labute approximate surface area is 118 Å². The minimum Gasteiger partial charge on any atom is -0.378 e. The lowest BCUT2D eigenvalue weighted by Gasteiger charge is -2.19. The molecular formula is C17H28N2. The van der Waals surface area contributed by atoms with Gasteiger partial charge < -0.3 is 10.2 Å². The summed E-state index contributed by atoms with van der Waals surface area (Å²) >= 11 is 0. The first kappa shape index (κ1) is 14.4. The number of rotatable bonds is 4. The first-order valence-electron chi connectivity index (χ1n) is 7.37. The molecule has 106 valence electrons. The van der Waals surface area contributed by atoms with E-state index in [4.69, 9.17) is 0 Å². The Morgan fingerprint density at radius 1 is 1.16 bits per heavy atom. The molecule has 2 nitrogen and oxygen atoms in total. The monoisotopic (exact) mass is 260 g/mol. The largest absolute Gasteiger partial charge is 0.378 e. The summed E-state index contributed by atoms with van der Waals surface area (Å²) in [6.45, 7) is 8.13. The smallest absolute Gasteiger partial charge is 0.0361 e. The fourth-order valence-electron chi connectivity index (χ4n) is 3.33. The Hall–Kier alpha value is -1.02. The van der Waals surface area contributed by atoms with Crippen molar-refractivity contribution in [1.29, 1.82) is 0 Å². The van der Waals surface area contributed by atoms with Gasteiger partial charge in [-0.05, 0) is 41.9 Å². The molecule has 1 aromatic rings. The van der Waals surface area contributed by atoms with Gasteiger partial charge in [-0.2, -0.15) is 0 Å². The van der Waals surface area contributed by atoms with E-state index in [1.165, 1.54) is 24.1 Å². The van der Waals surface area contributed by atoms with Crippen molar-refractivity contribution in [3.63, 3.8) is 0 Å². The van der Waals surface area contributed by atoms with Gasteiger partial charge in [0.15, 0.2) is 0 Å². The molecule has 2 atom stereocenters. The molecule has 2 unspecified atom stereocenters. The van der Waals surface area contributed by atoms with Crippen LogP contribution in [0.5, 0.6) is 0 Å². The summed E-state index contributed by atoms with van der Waals surface area (Å²) in [5.41, 5.74) is 3.15. The molecule has 0 aromatic heterocycles. The first-order valence-corrected chi connectivity index (χ1v) is 7.37. The second-order valence-electron chi connectivity index (χ2n) is 7.10. The van der Waals surface area contributed by atoms with Gasteiger partial charge in [0.1, 0.15) is 0 Å². The quantitative estimate of drug-likeness (QED) is 0.888. The highest BCUT2D eigenvalue weighted by atomic mass is 15.1. The molecule has 1 N–H and O–H groups in total. The molecule has 1 saturated carbocycles. The molecule has 0 saturated heterocycles. The Balaban J connectivity index is 1.89. The van der Waals surface area contributed by atoms with E-state index in [2.05, 4.69) is 69.3 Å². The van der Waals surface area contributed by atoms with Crippen molar-refractivity contribution in [2.75, 3.05) is 19.0 Å². The minimum absolute atomic E-state index is 0.506. The van der Waals surface area contributed by atoms with Crippen molar-refractivity contribution in [3.05, 3.63) is 29.8 Å². The molecule has 1 aliphatic rings. The van der Waals surface area contributed by atoms with Crippen molar-refractivity contribution in [2.45, 2.75) is 46.2 Å². The Morgan fingerprint density at radius 3 is 2.26 bits per heavy atom. The Morgan fingerprint density at radius 2 is 1.79 bits per heavy atom. The summed E-state index contributed by atoms with van der Waals surface area (Å²) in [6, 6.07) is 9.52. The Bertz CT molecular complexity index is 406. The molecule has 0 radical (unpaired) electrons. The third kappa shape index (κ3) is 3.73. The summed E-state index contributed by atoms with van der Waals surface area (Å²) in [6.07, 6.45) is 2.63. The third-order valence-electron chi connectivity index (χ3n) is 4.36. The SMILES string of the molecule is CC1CC(C)(C)CC1NCc1ccc(N(C)C)cc1. The van der Waals surface area contributed by atoms with Gasteiger partial charge in [0.2, 0.25) is 0 Å². The van der Waals surface area contributed by atoms with Gasteiger partial charge in [0, 0.05) is 32.4 Å². The van der Waals surface area contributed by atoms with Gasteiger partial charge in [-0.3, -0.25) is 0 Å². The van der Waals surface area contributed by atoms with Crippen LogP contribution in [-0.4, -0.2) is 20.1 Å². The summed E-state index contributed by atoms with van der Waals surface area (Å²) in [7, 11) is 4.16. The maximum Gasteiger partial charge on any atom is 0.0361 e. The van der Waals surface area contributed by atoms with E-state index < -0.39 is 0 Å². The molecule has 1 fully saturated rings. The lowest BCUT2D eigenvalue weighted by Crippen LogP contribution is -2.31. The molecule has 1 aromatic carbocycles. The molecule has 0 amide bonds. The van der Waals surface area contributed by atoms with Crippen LogP contribution >= 0.6 is 0 Å². The van der Waals surface area contributed by atoms with E-state index in [0.29, 0.717) is 11.5 Å². The standard InChI is InChI=1S/C17H28N2/c1-13-10-17(2,3)11-16(13)18-12-14-6-8-15(9-7-14)19(4)5/h6-9,13,16,18H,10-12H2,1-5H3. The number of anilines is 1. The maximum absolute atomic E-state index is 3.74. The van der Waals surface area contributed by atoms with Gasteiger partial charge in [-0.1, -0.05) is 32.9 Å². The van der Waals surface area contributed by atoms with Crippen molar-refractivity contribution < 1.29 is 0 Å². The Kier molecular flexibility index (Phi) is 4.19. The topological polar surface area (TPSA) is 15.3 Å². The zero-order chi connectivity index (χ0) is 14.0. The van der Waals surface area contributed by atoms with E-state index in [1.54, 1.807) is 0 Å². The lowest BCUT2D eigenvalue weighted by molar-refractivity contribution is 0.362. The van der Waals surface area contributed by atoms with Crippen LogP contribution in [0.1, 0.15) is 39.2 Å². The van der Waals surface area contributed by atoms with E-state index in [1.807, 2.05) is 0 Å². The second-order valence-corrected chi connectivity index (χ2v) is 7.10. The summed E-state index contributed by atoms with van der Waals surface area (Å²) < 4.78 is 0. The van der Waals surface area contributed by atoms with Crippen molar-refractivity contribution in [1.82, 2.24) is 5.32 Å².